The lowest BCUT2D eigenvalue weighted by atomic mass is 10.4. The maximum absolute atomic E-state index is 11.0. The summed E-state index contributed by atoms with van der Waals surface area (Å²) >= 11 is 1.74. The van der Waals surface area contributed by atoms with Gasteiger partial charge in [0.05, 0.1) is 13.2 Å². The molecule has 1 rings (SSSR count). The van der Waals surface area contributed by atoms with E-state index < -0.39 is 0 Å². The fourth-order valence-electron chi connectivity index (χ4n) is 1.08. The van der Waals surface area contributed by atoms with E-state index in [2.05, 4.69) is 24.4 Å². The van der Waals surface area contributed by atoms with Gasteiger partial charge in [-0.25, -0.2) is 0 Å². The molecule has 1 aromatic rings. The van der Waals surface area contributed by atoms with Gasteiger partial charge in [0.2, 0.25) is 0 Å². The molecule has 0 saturated carbocycles. The number of carbonyl (C=O) groups excluding carboxylic acids is 1. The summed E-state index contributed by atoms with van der Waals surface area (Å²) in [6.45, 7) is 5.33. The van der Waals surface area contributed by atoms with Gasteiger partial charge in [0.1, 0.15) is 0 Å². The number of aryl methyl sites for hydroxylation is 1. The number of ether oxygens (including phenoxy) is 1. The molecular weight excluding hydrogens is 198 g/mol. The summed E-state index contributed by atoms with van der Waals surface area (Å²) in [6.07, 6.45) is 0. The van der Waals surface area contributed by atoms with Crippen LogP contribution in [0.2, 0.25) is 0 Å². The number of hydrogen-bond acceptors (Lipinski definition) is 4. The van der Waals surface area contributed by atoms with Crippen LogP contribution in [-0.4, -0.2) is 19.1 Å². The van der Waals surface area contributed by atoms with Crippen molar-refractivity contribution in [2.45, 2.75) is 20.4 Å². The molecule has 0 atom stereocenters. The first kappa shape index (κ1) is 11.2. The van der Waals surface area contributed by atoms with E-state index in [1.54, 1.807) is 18.3 Å². The van der Waals surface area contributed by atoms with Crippen LogP contribution in [0, 0.1) is 6.92 Å². The average molecular weight is 213 g/mol. The molecule has 0 saturated heterocycles. The predicted octanol–water partition coefficient (Wildman–Crippen LogP) is 1.71. The van der Waals surface area contributed by atoms with Crippen molar-refractivity contribution in [3.05, 3.63) is 21.9 Å². The Morgan fingerprint density at radius 3 is 2.93 bits per heavy atom. The van der Waals surface area contributed by atoms with Crippen molar-refractivity contribution in [1.29, 1.82) is 0 Å². The molecule has 1 N–H and O–H groups in total. The van der Waals surface area contributed by atoms with Crippen molar-refractivity contribution in [3.63, 3.8) is 0 Å². The Kier molecular flexibility index (Phi) is 4.62. The van der Waals surface area contributed by atoms with E-state index in [0.717, 1.165) is 6.54 Å². The largest absolute Gasteiger partial charge is 0.465 e. The number of carbonyl (C=O) groups is 1. The molecule has 0 radical (unpaired) electrons. The van der Waals surface area contributed by atoms with Crippen LogP contribution >= 0.6 is 11.3 Å². The number of thiophene rings is 1. The molecule has 0 unspecified atom stereocenters. The molecular formula is C10H15NO2S. The lowest BCUT2D eigenvalue weighted by Crippen LogP contribution is -2.23. The summed E-state index contributed by atoms with van der Waals surface area (Å²) in [5.74, 6) is -0.194. The van der Waals surface area contributed by atoms with Gasteiger partial charge in [-0.05, 0) is 26.0 Å². The third-order valence-electron chi connectivity index (χ3n) is 1.67. The minimum absolute atomic E-state index is 0.194. The summed E-state index contributed by atoms with van der Waals surface area (Å²) < 4.78 is 4.79. The van der Waals surface area contributed by atoms with Gasteiger partial charge < -0.3 is 10.1 Å². The van der Waals surface area contributed by atoms with Gasteiger partial charge in [-0.1, -0.05) is 0 Å². The van der Waals surface area contributed by atoms with Gasteiger partial charge in [-0.15, -0.1) is 11.3 Å². The van der Waals surface area contributed by atoms with Crippen molar-refractivity contribution in [3.8, 4) is 0 Å². The van der Waals surface area contributed by atoms with E-state index in [1.165, 1.54) is 9.75 Å². The van der Waals surface area contributed by atoms with Crippen LogP contribution in [0.15, 0.2) is 12.1 Å². The topological polar surface area (TPSA) is 38.3 Å². The van der Waals surface area contributed by atoms with Gasteiger partial charge in [0, 0.05) is 16.3 Å². The van der Waals surface area contributed by atoms with Crippen LogP contribution in [0.4, 0.5) is 0 Å². The monoisotopic (exact) mass is 213 g/mol. The van der Waals surface area contributed by atoms with Crippen LogP contribution in [0.1, 0.15) is 16.7 Å². The fraction of sp³-hybridized carbons (Fsp3) is 0.500. The third kappa shape index (κ3) is 3.89. The second-order valence-corrected chi connectivity index (χ2v) is 4.29. The Balaban J connectivity index is 2.18. The maximum Gasteiger partial charge on any atom is 0.319 e. The summed E-state index contributed by atoms with van der Waals surface area (Å²) in [5, 5.41) is 3.04. The van der Waals surface area contributed by atoms with E-state index in [1.807, 2.05) is 0 Å². The molecule has 0 aliphatic carbocycles. The van der Waals surface area contributed by atoms with Crippen LogP contribution in [0.3, 0.4) is 0 Å². The molecule has 0 aliphatic heterocycles. The van der Waals surface area contributed by atoms with Gasteiger partial charge in [-0.2, -0.15) is 0 Å². The second kappa shape index (κ2) is 5.78. The van der Waals surface area contributed by atoms with Gasteiger partial charge in [0.25, 0.3) is 0 Å². The van der Waals surface area contributed by atoms with Crippen molar-refractivity contribution in [1.82, 2.24) is 5.32 Å². The number of esters is 1. The van der Waals surface area contributed by atoms with Crippen molar-refractivity contribution in [2.75, 3.05) is 13.2 Å². The first-order chi connectivity index (χ1) is 6.72. The zero-order chi connectivity index (χ0) is 10.4. The van der Waals surface area contributed by atoms with Gasteiger partial charge >= 0.3 is 5.97 Å². The second-order valence-electron chi connectivity index (χ2n) is 2.92. The molecule has 0 aliphatic rings. The van der Waals surface area contributed by atoms with E-state index in [4.69, 9.17) is 4.74 Å². The molecule has 1 heterocycles. The SMILES string of the molecule is CCOC(=O)CNCc1ccc(C)s1. The van der Waals surface area contributed by atoms with E-state index in [9.17, 15) is 4.79 Å². The number of rotatable bonds is 5. The highest BCUT2D eigenvalue weighted by atomic mass is 32.1. The summed E-state index contributed by atoms with van der Waals surface area (Å²) in [6, 6.07) is 4.14. The molecule has 78 valence electrons. The Morgan fingerprint density at radius 2 is 2.36 bits per heavy atom. The number of nitrogens with one attached hydrogen (secondary N) is 1. The highest BCUT2D eigenvalue weighted by molar-refractivity contribution is 7.11. The maximum atomic E-state index is 11.0. The average Bonchev–Trinajstić information content (AvgIpc) is 2.52. The zero-order valence-electron chi connectivity index (χ0n) is 8.50. The van der Waals surface area contributed by atoms with Crippen molar-refractivity contribution < 1.29 is 9.53 Å². The van der Waals surface area contributed by atoms with Gasteiger partial charge in [-0.3, -0.25) is 4.79 Å². The predicted molar refractivity (Wildman–Crippen MR) is 57.4 cm³/mol. The van der Waals surface area contributed by atoms with E-state index in [0.29, 0.717) is 6.61 Å². The van der Waals surface area contributed by atoms with Crippen molar-refractivity contribution in [2.24, 2.45) is 0 Å². The Morgan fingerprint density at radius 1 is 1.57 bits per heavy atom. The molecule has 0 amide bonds. The van der Waals surface area contributed by atoms with Crippen LogP contribution in [0.5, 0.6) is 0 Å². The highest BCUT2D eigenvalue weighted by Gasteiger charge is 2.01. The first-order valence-electron chi connectivity index (χ1n) is 4.64. The zero-order valence-corrected chi connectivity index (χ0v) is 9.32. The molecule has 4 heteroatoms. The van der Waals surface area contributed by atoms with Gasteiger partial charge in [0.15, 0.2) is 0 Å². The van der Waals surface area contributed by atoms with E-state index >= 15 is 0 Å². The standard InChI is InChI=1S/C10H15NO2S/c1-3-13-10(12)7-11-6-9-5-4-8(2)14-9/h4-5,11H,3,6-7H2,1-2H3. The summed E-state index contributed by atoms with van der Waals surface area (Å²) in [7, 11) is 0. The minimum Gasteiger partial charge on any atom is -0.465 e. The quantitative estimate of drug-likeness (QED) is 0.757. The molecule has 1 aromatic heterocycles. The minimum atomic E-state index is -0.194. The Labute approximate surface area is 88.1 Å². The van der Waals surface area contributed by atoms with Crippen LogP contribution in [-0.2, 0) is 16.1 Å². The molecule has 0 spiro atoms. The van der Waals surface area contributed by atoms with Crippen molar-refractivity contribution >= 4 is 17.3 Å². The lowest BCUT2D eigenvalue weighted by Gasteiger charge is -2.02. The molecule has 0 fully saturated rings. The summed E-state index contributed by atoms with van der Waals surface area (Å²) in [4.78, 5) is 13.5. The smallest absolute Gasteiger partial charge is 0.319 e. The molecule has 3 nitrogen and oxygen atoms in total. The fourth-order valence-corrected chi connectivity index (χ4v) is 1.94. The molecule has 14 heavy (non-hydrogen) atoms. The lowest BCUT2D eigenvalue weighted by molar-refractivity contribution is -0.142. The summed E-state index contributed by atoms with van der Waals surface area (Å²) in [5.41, 5.74) is 0. The van der Waals surface area contributed by atoms with Crippen LogP contribution in [0.25, 0.3) is 0 Å². The Hall–Kier alpha value is -0.870. The van der Waals surface area contributed by atoms with E-state index in [-0.39, 0.29) is 12.5 Å². The molecule has 0 aromatic carbocycles. The first-order valence-corrected chi connectivity index (χ1v) is 5.45. The van der Waals surface area contributed by atoms with Crippen LogP contribution < -0.4 is 5.32 Å². The Bertz CT molecular complexity index is 296. The number of hydrogen-bond donors (Lipinski definition) is 1. The molecule has 0 bridgehead atoms. The normalized spacial score (nSPS) is 10.1. The third-order valence-corrected chi connectivity index (χ3v) is 2.67. The highest BCUT2D eigenvalue weighted by Crippen LogP contribution is 2.14.